The Morgan fingerprint density at radius 2 is 1.76 bits per heavy atom. The molecule has 0 fully saturated rings. The number of hydrogen-bond donors (Lipinski definition) is 1. The molecule has 0 unspecified atom stereocenters. The third-order valence-electron chi connectivity index (χ3n) is 3.04. The Kier molecular flexibility index (Phi) is 4.91. The summed E-state index contributed by atoms with van der Waals surface area (Å²) in [7, 11) is 3.16. The van der Waals surface area contributed by atoms with Crippen LogP contribution in [0.2, 0.25) is 5.02 Å². The number of nitriles is 1. The van der Waals surface area contributed by atoms with Gasteiger partial charge in [-0.2, -0.15) is 5.26 Å². The van der Waals surface area contributed by atoms with E-state index >= 15 is 0 Å². The highest BCUT2D eigenvalue weighted by molar-refractivity contribution is 6.32. The summed E-state index contributed by atoms with van der Waals surface area (Å²) < 4.78 is 10.5. The van der Waals surface area contributed by atoms with Gasteiger partial charge in [0.25, 0.3) is 0 Å². The van der Waals surface area contributed by atoms with Gasteiger partial charge >= 0.3 is 0 Å². The molecule has 2 aromatic carbocycles. The smallest absolute Gasteiger partial charge is 0.143 e. The number of hydrogen-bond acceptors (Lipinski definition) is 4. The molecule has 0 heterocycles. The third-order valence-corrected chi connectivity index (χ3v) is 3.34. The number of benzene rings is 2. The van der Waals surface area contributed by atoms with Crippen LogP contribution in [0.4, 0.5) is 5.69 Å². The van der Waals surface area contributed by atoms with Gasteiger partial charge in [0.2, 0.25) is 0 Å². The summed E-state index contributed by atoms with van der Waals surface area (Å²) in [5, 5.41) is 12.6. The molecule has 2 rings (SSSR count). The van der Waals surface area contributed by atoms with E-state index in [-0.39, 0.29) is 0 Å². The van der Waals surface area contributed by atoms with E-state index in [9.17, 15) is 0 Å². The average Bonchev–Trinajstić information content (AvgIpc) is 2.53. The molecule has 108 valence electrons. The molecule has 0 aliphatic rings. The number of anilines is 1. The van der Waals surface area contributed by atoms with Gasteiger partial charge in [0, 0.05) is 18.7 Å². The van der Waals surface area contributed by atoms with Crippen LogP contribution in [0.1, 0.15) is 11.1 Å². The monoisotopic (exact) mass is 302 g/mol. The second-order valence-electron chi connectivity index (χ2n) is 4.35. The third kappa shape index (κ3) is 3.59. The zero-order valence-corrected chi connectivity index (χ0v) is 12.6. The van der Waals surface area contributed by atoms with Crippen molar-refractivity contribution in [1.82, 2.24) is 0 Å². The fourth-order valence-corrected chi connectivity index (χ4v) is 2.12. The Labute approximate surface area is 128 Å². The van der Waals surface area contributed by atoms with Crippen LogP contribution in [0.3, 0.4) is 0 Å². The first kappa shape index (κ1) is 15.0. The maximum Gasteiger partial charge on any atom is 0.143 e. The van der Waals surface area contributed by atoms with Gasteiger partial charge in [-0.3, -0.25) is 0 Å². The SMILES string of the molecule is COc1cc(NCc2ccc(C#N)cc2)c(OC)cc1Cl. The van der Waals surface area contributed by atoms with E-state index in [1.165, 1.54) is 0 Å². The minimum Gasteiger partial charge on any atom is -0.495 e. The van der Waals surface area contributed by atoms with Gasteiger partial charge in [-0.05, 0) is 17.7 Å². The first-order valence-electron chi connectivity index (χ1n) is 6.32. The second-order valence-corrected chi connectivity index (χ2v) is 4.76. The lowest BCUT2D eigenvalue weighted by Crippen LogP contribution is -2.02. The number of nitrogens with one attached hydrogen (secondary N) is 1. The molecule has 0 atom stereocenters. The summed E-state index contributed by atoms with van der Waals surface area (Å²) in [4.78, 5) is 0. The molecule has 0 saturated carbocycles. The minimum absolute atomic E-state index is 0.498. The fraction of sp³-hybridized carbons (Fsp3) is 0.188. The first-order valence-corrected chi connectivity index (χ1v) is 6.70. The highest BCUT2D eigenvalue weighted by Crippen LogP contribution is 2.36. The summed E-state index contributed by atoms with van der Waals surface area (Å²) in [6, 6.07) is 13.0. The van der Waals surface area contributed by atoms with Crippen molar-refractivity contribution in [1.29, 1.82) is 5.26 Å². The largest absolute Gasteiger partial charge is 0.495 e. The fourth-order valence-electron chi connectivity index (χ4n) is 1.89. The lowest BCUT2D eigenvalue weighted by molar-refractivity contribution is 0.404. The van der Waals surface area contributed by atoms with Crippen molar-refractivity contribution in [2.24, 2.45) is 0 Å². The van der Waals surface area contributed by atoms with Crippen molar-refractivity contribution in [3.05, 3.63) is 52.5 Å². The van der Waals surface area contributed by atoms with Crippen LogP contribution < -0.4 is 14.8 Å². The van der Waals surface area contributed by atoms with Crippen LogP contribution in [0.5, 0.6) is 11.5 Å². The van der Waals surface area contributed by atoms with Crippen LogP contribution in [0, 0.1) is 11.3 Å². The second kappa shape index (κ2) is 6.87. The first-order chi connectivity index (χ1) is 10.2. The van der Waals surface area contributed by atoms with Crippen molar-refractivity contribution < 1.29 is 9.47 Å². The van der Waals surface area contributed by atoms with Gasteiger partial charge < -0.3 is 14.8 Å². The van der Waals surface area contributed by atoms with E-state index < -0.39 is 0 Å². The molecule has 0 aromatic heterocycles. The summed E-state index contributed by atoms with van der Waals surface area (Å²) in [6.45, 7) is 0.604. The predicted octanol–water partition coefficient (Wildman–Crippen LogP) is 3.84. The Hall–Kier alpha value is -2.38. The maximum atomic E-state index is 8.78. The van der Waals surface area contributed by atoms with Gasteiger partial charge in [-0.1, -0.05) is 23.7 Å². The number of rotatable bonds is 5. The van der Waals surface area contributed by atoms with E-state index in [4.69, 9.17) is 26.3 Å². The van der Waals surface area contributed by atoms with E-state index in [0.29, 0.717) is 28.6 Å². The maximum absolute atomic E-state index is 8.78. The van der Waals surface area contributed by atoms with Gasteiger partial charge in [0.05, 0.1) is 36.6 Å². The summed E-state index contributed by atoms with van der Waals surface area (Å²) in [6.07, 6.45) is 0. The van der Waals surface area contributed by atoms with Gasteiger partial charge in [-0.25, -0.2) is 0 Å². The van der Waals surface area contributed by atoms with Crippen LogP contribution in [0.15, 0.2) is 36.4 Å². The number of methoxy groups -OCH3 is 2. The molecule has 0 spiro atoms. The quantitative estimate of drug-likeness (QED) is 0.911. The Morgan fingerprint density at radius 3 is 2.33 bits per heavy atom. The standard InChI is InChI=1S/C16H15ClN2O2/c1-20-15-8-14(16(21-2)7-13(15)17)19-10-12-5-3-11(9-18)4-6-12/h3-8,19H,10H2,1-2H3. The molecule has 2 aromatic rings. The highest BCUT2D eigenvalue weighted by Gasteiger charge is 2.09. The predicted molar refractivity (Wildman–Crippen MR) is 83.0 cm³/mol. The van der Waals surface area contributed by atoms with Gasteiger partial charge in [-0.15, -0.1) is 0 Å². The molecule has 0 aliphatic heterocycles. The summed E-state index contributed by atoms with van der Waals surface area (Å²) in [5.41, 5.74) is 2.50. The van der Waals surface area contributed by atoms with Crippen LogP contribution in [0.25, 0.3) is 0 Å². The topological polar surface area (TPSA) is 54.3 Å². The summed E-state index contributed by atoms with van der Waals surface area (Å²) in [5.74, 6) is 1.23. The Balaban J connectivity index is 2.16. The number of halogens is 1. The highest BCUT2D eigenvalue weighted by atomic mass is 35.5. The van der Waals surface area contributed by atoms with E-state index in [1.54, 1.807) is 38.5 Å². The lowest BCUT2D eigenvalue weighted by atomic mass is 10.1. The van der Waals surface area contributed by atoms with Crippen molar-refractivity contribution in [3.63, 3.8) is 0 Å². The van der Waals surface area contributed by atoms with Gasteiger partial charge in [0.1, 0.15) is 11.5 Å². The summed E-state index contributed by atoms with van der Waals surface area (Å²) >= 11 is 6.07. The van der Waals surface area contributed by atoms with E-state index in [1.807, 2.05) is 12.1 Å². The molecule has 1 N–H and O–H groups in total. The van der Waals surface area contributed by atoms with Crippen molar-refractivity contribution in [2.75, 3.05) is 19.5 Å². The molecule has 5 heteroatoms. The molecule has 4 nitrogen and oxygen atoms in total. The molecule has 21 heavy (non-hydrogen) atoms. The molecule has 0 saturated heterocycles. The van der Waals surface area contributed by atoms with Crippen molar-refractivity contribution in [3.8, 4) is 17.6 Å². The molecule has 0 radical (unpaired) electrons. The molecular weight excluding hydrogens is 288 g/mol. The molecule has 0 bridgehead atoms. The van der Waals surface area contributed by atoms with E-state index in [2.05, 4.69) is 11.4 Å². The van der Waals surface area contributed by atoms with Crippen molar-refractivity contribution in [2.45, 2.75) is 6.54 Å². The molecule has 0 amide bonds. The van der Waals surface area contributed by atoms with Crippen molar-refractivity contribution >= 4 is 17.3 Å². The van der Waals surface area contributed by atoms with Crippen LogP contribution in [-0.2, 0) is 6.54 Å². The molecule has 0 aliphatic carbocycles. The number of nitrogens with zero attached hydrogens (tertiary/aromatic N) is 1. The Morgan fingerprint density at radius 1 is 1.10 bits per heavy atom. The van der Waals surface area contributed by atoms with Crippen LogP contribution >= 0.6 is 11.6 Å². The average molecular weight is 303 g/mol. The zero-order chi connectivity index (χ0) is 15.2. The normalized spacial score (nSPS) is 9.81. The zero-order valence-electron chi connectivity index (χ0n) is 11.8. The lowest BCUT2D eigenvalue weighted by Gasteiger charge is -2.14. The van der Waals surface area contributed by atoms with Crippen LogP contribution in [-0.4, -0.2) is 14.2 Å². The Bertz CT molecular complexity index is 663. The number of ether oxygens (including phenoxy) is 2. The van der Waals surface area contributed by atoms with Gasteiger partial charge in [0.15, 0.2) is 0 Å². The van der Waals surface area contributed by atoms with E-state index in [0.717, 1.165) is 11.3 Å². The molecular formula is C16H15ClN2O2. The minimum atomic E-state index is 0.498.